The van der Waals surface area contributed by atoms with Crippen LogP contribution in [-0.2, 0) is 7.05 Å². The third kappa shape index (κ3) is 1.25. The van der Waals surface area contributed by atoms with Gasteiger partial charge in [0.05, 0.1) is 18.1 Å². The predicted octanol–water partition coefficient (Wildman–Crippen LogP) is 1.05. The summed E-state index contributed by atoms with van der Waals surface area (Å²) in [6.45, 7) is 0. The molecule has 66 valence electrons. The zero-order valence-corrected chi connectivity index (χ0v) is 7.27. The van der Waals surface area contributed by atoms with Crippen molar-refractivity contribution in [3.63, 3.8) is 0 Å². The molecule has 1 saturated carbocycles. The molecule has 0 aliphatic heterocycles. The Labute approximate surface area is 72.0 Å². The van der Waals surface area contributed by atoms with E-state index in [2.05, 4.69) is 4.98 Å². The zero-order chi connectivity index (χ0) is 8.55. The molecule has 0 bridgehead atoms. The third-order valence-electron chi connectivity index (χ3n) is 2.58. The van der Waals surface area contributed by atoms with Gasteiger partial charge in [0.15, 0.2) is 0 Å². The molecule has 0 saturated heterocycles. The van der Waals surface area contributed by atoms with E-state index in [1.54, 1.807) is 6.33 Å². The van der Waals surface area contributed by atoms with E-state index in [-0.39, 0.29) is 12.0 Å². The Morgan fingerprint density at radius 3 is 2.92 bits per heavy atom. The van der Waals surface area contributed by atoms with Crippen molar-refractivity contribution in [1.29, 1.82) is 0 Å². The van der Waals surface area contributed by atoms with Gasteiger partial charge >= 0.3 is 0 Å². The van der Waals surface area contributed by atoms with Crippen LogP contribution in [0.3, 0.4) is 0 Å². The maximum Gasteiger partial charge on any atom is 0.0946 e. The highest BCUT2D eigenvalue weighted by molar-refractivity contribution is 5.09. The van der Waals surface area contributed by atoms with Crippen LogP contribution in [0.5, 0.6) is 0 Å². The molecule has 3 nitrogen and oxygen atoms in total. The lowest BCUT2D eigenvalue weighted by molar-refractivity contribution is 0.162. The molecule has 0 amide bonds. The summed E-state index contributed by atoms with van der Waals surface area (Å²) in [5.74, 6) is 0.284. The van der Waals surface area contributed by atoms with Crippen molar-refractivity contribution in [2.24, 2.45) is 7.05 Å². The second-order valence-electron chi connectivity index (χ2n) is 3.57. The standard InChI is InChI=1S/C9H14N2O/c1-11-5-8(10-6-11)7-3-2-4-9(7)12/h5-7,9,12H,2-4H2,1H3. The van der Waals surface area contributed by atoms with Gasteiger partial charge in [-0.05, 0) is 12.8 Å². The number of hydrogen-bond donors (Lipinski definition) is 1. The molecular weight excluding hydrogens is 152 g/mol. The Hall–Kier alpha value is -0.830. The molecule has 1 aromatic heterocycles. The minimum atomic E-state index is -0.167. The van der Waals surface area contributed by atoms with Crippen LogP contribution in [0.1, 0.15) is 30.9 Å². The number of aliphatic hydroxyl groups is 1. The van der Waals surface area contributed by atoms with Gasteiger partial charge in [-0.2, -0.15) is 0 Å². The summed E-state index contributed by atoms with van der Waals surface area (Å²) in [7, 11) is 1.96. The van der Waals surface area contributed by atoms with Crippen LogP contribution in [0.2, 0.25) is 0 Å². The number of rotatable bonds is 1. The summed E-state index contributed by atoms with van der Waals surface area (Å²) in [5, 5.41) is 9.60. The predicted molar refractivity (Wildman–Crippen MR) is 45.8 cm³/mol. The minimum absolute atomic E-state index is 0.167. The van der Waals surface area contributed by atoms with E-state index >= 15 is 0 Å². The SMILES string of the molecule is Cn1cnc(C2CCCC2O)c1. The van der Waals surface area contributed by atoms with Crippen molar-refractivity contribution in [1.82, 2.24) is 9.55 Å². The molecule has 1 N–H and O–H groups in total. The van der Waals surface area contributed by atoms with Gasteiger partial charge in [0.25, 0.3) is 0 Å². The number of aliphatic hydroxyl groups excluding tert-OH is 1. The average molecular weight is 166 g/mol. The van der Waals surface area contributed by atoms with E-state index in [1.807, 2.05) is 17.8 Å². The van der Waals surface area contributed by atoms with E-state index in [4.69, 9.17) is 0 Å². The maximum absolute atomic E-state index is 9.60. The van der Waals surface area contributed by atoms with Gasteiger partial charge in [-0.25, -0.2) is 4.98 Å². The monoisotopic (exact) mass is 166 g/mol. The summed E-state index contributed by atoms with van der Waals surface area (Å²) >= 11 is 0. The molecule has 0 aromatic carbocycles. The van der Waals surface area contributed by atoms with E-state index in [0.29, 0.717) is 0 Å². The summed E-state index contributed by atoms with van der Waals surface area (Å²) in [5.41, 5.74) is 1.04. The van der Waals surface area contributed by atoms with Gasteiger partial charge in [-0.1, -0.05) is 6.42 Å². The van der Waals surface area contributed by atoms with Crippen molar-refractivity contribution < 1.29 is 5.11 Å². The first kappa shape index (κ1) is 7.80. The first-order chi connectivity index (χ1) is 5.77. The van der Waals surface area contributed by atoms with Crippen LogP contribution in [0.15, 0.2) is 12.5 Å². The number of aryl methyl sites for hydroxylation is 1. The van der Waals surface area contributed by atoms with Gasteiger partial charge < -0.3 is 9.67 Å². The molecule has 1 aliphatic rings. The maximum atomic E-state index is 9.60. The van der Waals surface area contributed by atoms with Crippen LogP contribution >= 0.6 is 0 Å². The largest absolute Gasteiger partial charge is 0.392 e. The van der Waals surface area contributed by atoms with Gasteiger partial charge in [-0.3, -0.25) is 0 Å². The van der Waals surface area contributed by atoms with Crippen molar-refractivity contribution in [2.45, 2.75) is 31.3 Å². The molecule has 1 heterocycles. The summed E-state index contributed by atoms with van der Waals surface area (Å²) < 4.78 is 1.93. The van der Waals surface area contributed by atoms with E-state index < -0.39 is 0 Å². The Kier molecular flexibility index (Phi) is 1.89. The van der Waals surface area contributed by atoms with Crippen molar-refractivity contribution in [3.8, 4) is 0 Å². The third-order valence-corrected chi connectivity index (χ3v) is 2.58. The van der Waals surface area contributed by atoms with E-state index in [9.17, 15) is 5.11 Å². The summed E-state index contributed by atoms with van der Waals surface area (Å²) in [4.78, 5) is 4.25. The Morgan fingerprint density at radius 1 is 1.58 bits per heavy atom. The fourth-order valence-electron chi connectivity index (χ4n) is 1.91. The van der Waals surface area contributed by atoms with Crippen molar-refractivity contribution >= 4 is 0 Å². The number of nitrogens with zero attached hydrogens (tertiary/aromatic N) is 2. The topological polar surface area (TPSA) is 38.0 Å². The van der Waals surface area contributed by atoms with Crippen molar-refractivity contribution in [2.75, 3.05) is 0 Å². The smallest absolute Gasteiger partial charge is 0.0946 e. The van der Waals surface area contributed by atoms with Gasteiger partial charge in [0.1, 0.15) is 0 Å². The van der Waals surface area contributed by atoms with Crippen molar-refractivity contribution in [3.05, 3.63) is 18.2 Å². The molecule has 2 atom stereocenters. The molecule has 0 radical (unpaired) electrons. The van der Waals surface area contributed by atoms with E-state index in [1.165, 1.54) is 0 Å². The fourth-order valence-corrected chi connectivity index (χ4v) is 1.91. The summed E-state index contributed by atoms with van der Waals surface area (Å²) in [6.07, 6.45) is 6.77. The molecule has 12 heavy (non-hydrogen) atoms. The second kappa shape index (κ2) is 2.90. The van der Waals surface area contributed by atoms with Gasteiger partial charge in [0, 0.05) is 19.2 Å². The van der Waals surface area contributed by atoms with E-state index in [0.717, 1.165) is 25.0 Å². The lowest BCUT2D eigenvalue weighted by atomic mass is 10.0. The Bertz CT molecular complexity index is 269. The minimum Gasteiger partial charge on any atom is -0.392 e. The number of imidazole rings is 1. The molecule has 3 heteroatoms. The molecule has 2 unspecified atom stereocenters. The van der Waals surface area contributed by atoms with Crippen LogP contribution < -0.4 is 0 Å². The normalized spacial score (nSPS) is 29.5. The van der Waals surface area contributed by atoms with Crippen LogP contribution in [0, 0.1) is 0 Å². The van der Waals surface area contributed by atoms with Crippen LogP contribution in [0.4, 0.5) is 0 Å². The highest BCUT2D eigenvalue weighted by atomic mass is 16.3. The Balaban J connectivity index is 2.19. The first-order valence-electron chi connectivity index (χ1n) is 4.43. The highest BCUT2D eigenvalue weighted by Crippen LogP contribution is 2.33. The molecule has 2 rings (SSSR count). The lowest BCUT2D eigenvalue weighted by Crippen LogP contribution is -2.11. The quantitative estimate of drug-likeness (QED) is 0.677. The van der Waals surface area contributed by atoms with Gasteiger partial charge in [-0.15, -0.1) is 0 Å². The van der Waals surface area contributed by atoms with Crippen LogP contribution in [-0.4, -0.2) is 20.8 Å². The second-order valence-corrected chi connectivity index (χ2v) is 3.57. The number of aromatic nitrogens is 2. The van der Waals surface area contributed by atoms with Crippen LogP contribution in [0.25, 0.3) is 0 Å². The first-order valence-corrected chi connectivity index (χ1v) is 4.43. The fraction of sp³-hybridized carbons (Fsp3) is 0.667. The zero-order valence-electron chi connectivity index (χ0n) is 7.27. The molecule has 0 spiro atoms. The average Bonchev–Trinajstić information content (AvgIpc) is 2.58. The molecule has 1 aliphatic carbocycles. The highest BCUT2D eigenvalue weighted by Gasteiger charge is 2.27. The summed E-state index contributed by atoms with van der Waals surface area (Å²) in [6, 6.07) is 0. The molecular formula is C9H14N2O. The Morgan fingerprint density at radius 2 is 2.42 bits per heavy atom. The number of hydrogen-bond acceptors (Lipinski definition) is 2. The molecule has 1 fully saturated rings. The van der Waals surface area contributed by atoms with Gasteiger partial charge in [0.2, 0.25) is 0 Å². The molecule has 1 aromatic rings. The lowest BCUT2D eigenvalue weighted by Gasteiger charge is -2.10.